The fourth-order valence-corrected chi connectivity index (χ4v) is 1.98. The molecule has 0 heterocycles. The molecule has 1 nitrogen and oxygen atoms in total. The predicted molar refractivity (Wildman–Crippen MR) is 49.9 cm³/mol. The quantitative estimate of drug-likeness (QED) is 0.639. The molecule has 0 bridgehead atoms. The van der Waals surface area contributed by atoms with E-state index >= 15 is 0 Å². The summed E-state index contributed by atoms with van der Waals surface area (Å²) >= 11 is 0. The molecule has 0 aromatic carbocycles. The Morgan fingerprint density at radius 3 is 2.83 bits per heavy atom. The zero-order valence-corrected chi connectivity index (χ0v) is 7.63. The Hall–Kier alpha value is -0.300. The summed E-state index contributed by atoms with van der Waals surface area (Å²) in [4.78, 5) is 0. The third-order valence-corrected chi connectivity index (χ3v) is 3.09. The summed E-state index contributed by atoms with van der Waals surface area (Å²) in [6.45, 7) is 0. The molecule has 0 spiro atoms. The van der Waals surface area contributed by atoms with E-state index in [0.717, 1.165) is 31.6 Å². The topological polar surface area (TPSA) is 20.2 Å². The third-order valence-electron chi connectivity index (χ3n) is 3.09. The van der Waals surface area contributed by atoms with Crippen molar-refractivity contribution in [1.82, 2.24) is 0 Å². The van der Waals surface area contributed by atoms with Crippen molar-refractivity contribution in [3.05, 3.63) is 12.2 Å². The maximum atomic E-state index is 10.1. The molecule has 1 saturated carbocycles. The van der Waals surface area contributed by atoms with Gasteiger partial charge in [0.25, 0.3) is 0 Å². The van der Waals surface area contributed by atoms with Gasteiger partial charge in [-0.05, 0) is 38.0 Å². The van der Waals surface area contributed by atoms with Crippen molar-refractivity contribution in [2.24, 2.45) is 5.92 Å². The fraction of sp³-hybridized carbons (Fsp3) is 0.818. The van der Waals surface area contributed by atoms with Crippen molar-refractivity contribution in [3.8, 4) is 0 Å². The number of hydrogen-bond acceptors (Lipinski definition) is 1. The maximum absolute atomic E-state index is 10.1. The van der Waals surface area contributed by atoms with Crippen molar-refractivity contribution in [2.75, 3.05) is 0 Å². The summed E-state index contributed by atoms with van der Waals surface area (Å²) in [5, 5.41) is 10.1. The van der Waals surface area contributed by atoms with E-state index in [-0.39, 0.29) is 0 Å². The molecule has 2 aliphatic carbocycles. The molecular formula is C11H18O. The van der Waals surface area contributed by atoms with Crippen molar-refractivity contribution < 1.29 is 5.11 Å². The van der Waals surface area contributed by atoms with Crippen molar-refractivity contribution in [3.63, 3.8) is 0 Å². The molecule has 2 rings (SSSR count). The zero-order valence-electron chi connectivity index (χ0n) is 7.63. The summed E-state index contributed by atoms with van der Waals surface area (Å²) < 4.78 is 0. The normalized spacial score (nSPS) is 35.4. The minimum Gasteiger partial charge on any atom is -0.386 e. The molecule has 68 valence electrons. The molecule has 1 unspecified atom stereocenters. The van der Waals surface area contributed by atoms with E-state index in [4.69, 9.17) is 0 Å². The van der Waals surface area contributed by atoms with E-state index in [9.17, 15) is 5.11 Å². The SMILES string of the molecule is OC1(CCC2CC2)C=CCCC1. The smallest absolute Gasteiger partial charge is 0.0827 e. The van der Waals surface area contributed by atoms with Gasteiger partial charge in [-0.15, -0.1) is 0 Å². The van der Waals surface area contributed by atoms with Crippen LogP contribution in [0.15, 0.2) is 12.2 Å². The molecule has 0 radical (unpaired) electrons. The molecule has 1 N–H and O–H groups in total. The highest BCUT2D eigenvalue weighted by Crippen LogP contribution is 2.37. The molecule has 0 amide bonds. The van der Waals surface area contributed by atoms with Gasteiger partial charge in [0.05, 0.1) is 5.60 Å². The predicted octanol–water partition coefficient (Wildman–Crippen LogP) is 2.65. The summed E-state index contributed by atoms with van der Waals surface area (Å²) in [6.07, 6.45) is 12.5. The van der Waals surface area contributed by atoms with Crippen LogP contribution in [0.25, 0.3) is 0 Å². The van der Waals surface area contributed by atoms with Crippen LogP contribution in [0.5, 0.6) is 0 Å². The first-order valence-electron chi connectivity index (χ1n) is 5.19. The van der Waals surface area contributed by atoms with Gasteiger partial charge in [-0.1, -0.05) is 25.0 Å². The number of allylic oxidation sites excluding steroid dienone is 1. The Morgan fingerprint density at radius 2 is 2.25 bits per heavy atom. The van der Waals surface area contributed by atoms with Gasteiger partial charge in [0.1, 0.15) is 0 Å². The minimum absolute atomic E-state index is 0.430. The van der Waals surface area contributed by atoms with Crippen LogP contribution >= 0.6 is 0 Å². The second-order valence-corrected chi connectivity index (χ2v) is 4.38. The van der Waals surface area contributed by atoms with E-state index < -0.39 is 5.60 Å². The Morgan fingerprint density at radius 1 is 1.42 bits per heavy atom. The van der Waals surface area contributed by atoms with Crippen LogP contribution in [-0.4, -0.2) is 10.7 Å². The Kier molecular flexibility index (Phi) is 2.22. The van der Waals surface area contributed by atoms with Crippen LogP contribution in [0.1, 0.15) is 44.9 Å². The van der Waals surface area contributed by atoms with Crippen LogP contribution in [0.3, 0.4) is 0 Å². The van der Waals surface area contributed by atoms with Gasteiger partial charge in [0.2, 0.25) is 0 Å². The van der Waals surface area contributed by atoms with Crippen LogP contribution < -0.4 is 0 Å². The zero-order chi connectivity index (χ0) is 8.44. The molecule has 0 aromatic heterocycles. The van der Waals surface area contributed by atoms with Crippen molar-refractivity contribution in [1.29, 1.82) is 0 Å². The van der Waals surface area contributed by atoms with Gasteiger partial charge in [-0.2, -0.15) is 0 Å². The standard InChI is InChI=1S/C11H18O/c12-11(7-2-1-3-8-11)9-6-10-4-5-10/h2,7,10,12H,1,3-6,8-9H2. The molecule has 1 atom stereocenters. The average Bonchev–Trinajstić information content (AvgIpc) is 2.85. The lowest BCUT2D eigenvalue weighted by Gasteiger charge is -2.27. The van der Waals surface area contributed by atoms with Crippen molar-refractivity contribution >= 4 is 0 Å². The highest BCUT2D eigenvalue weighted by Gasteiger charge is 2.29. The Bertz CT molecular complexity index is 181. The highest BCUT2D eigenvalue weighted by molar-refractivity contribution is 5.05. The lowest BCUT2D eigenvalue weighted by atomic mass is 9.86. The first kappa shape index (κ1) is 8.31. The molecular weight excluding hydrogens is 148 g/mol. The van der Waals surface area contributed by atoms with Gasteiger partial charge in [-0.25, -0.2) is 0 Å². The van der Waals surface area contributed by atoms with Gasteiger partial charge < -0.3 is 5.11 Å². The molecule has 0 aromatic rings. The van der Waals surface area contributed by atoms with Gasteiger partial charge >= 0.3 is 0 Å². The molecule has 0 aliphatic heterocycles. The van der Waals surface area contributed by atoms with E-state index in [1.165, 1.54) is 19.3 Å². The van der Waals surface area contributed by atoms with E-state index in [1.807, 2.05) is 6.08 Å². The van der Waals surface area contributed by atoms with E-state index in [1.54, 1.807) is 0 Å². The monoisotopic (exact) mass is 166 g/mol. The van der Waals surface area contributed by atoms with Gasteiger partial charge in [-0.3, -0.25) is 0 Å². The third kappa shape index (κ3) is 2.10. The van der Waals surface area contributed by atoms with Crippen molar-refractivity contribution in [2.45, 2.75) is 50.5 Å². The summed E-state index contributed by atoms with van der Waals surface area (Å²) in [5.74, 6) is 0.948. The minimum atomic E-state index is -0.430. The van der Waals surface area contributed by atoms with E-state index in [0.29, 0.717) is 0 Å². The Balaban J connectivity index is 1.81. The summed E-state index contributed by atoms with van der Waals surface area (Å²) in [5.41, 5.74) is -0.430. The summed E-state index contributed by atoms with van der Waals surface area (Å²) in [6, 6.07) is 0. The lowest BCUT2D eigenvalue weighted by molar-refractivity contribution is 0.0620. The van der Waals surface area contributed by atoms with Crippen LogP contribution in [0, 0.1) is 5.92 Å². The second-order valence-electron chi connectivity index (χ2n) is 4.38. The molecule has 1 fully saturated rings. The molecule has 1 heteroatoms. The van der Waals surface area contributed by atoms with Crippen LogP contribution in [0.4, 0.5) is 0 Å². The molecule has 12 heavy (non-hydrogen) atoms. The van der Waals surface area contributed by atoms with Crippen LogP contribution in [-0.2, 0) is 0 Å². The average molecular weight is 166 g/mol. The van der Waals surface area contributed by atoms with Gasteiger partial charge in [0.15, 0.2) is 0 Å². The first-order chi connectivity index (χ1) is 5.79. The Labute approximate surface area is 74.5 Å². The summed E-state index contributed by atoms with van der Waals surface area (Å²) in [7, 11) is 0. The van der Waals surface area contributed by atoms with E-state index in [2.05, 4.69) is 6.08 Å². The number of rotatable bonds is 3. The maximum Gasteiger partial charge on any atom is 0.0827 e. The highest BCUT2D eigenvalue weighted by atomic mass is 16.3. The molecule has 2 aliphatic rings. The largest absolute Gasteiger partial charge is 0.386 e. The first-order valence-corrected chi connectivity index (χ1v) is 5.19. The second kappa shape index (κ2) is 3.21. The van der Waals surface area contributed by atoms with Crippen LogP contribution in [0.2, 0.25) is 0 Å². The lowest BCUT2D eigenvalue weighted by Crippen LogP contribution is -2.27. The van der Waals surface area contributed by atoms with Gasteiger partial charge in [0, 0.05) is 0 Å². The number of aliphatic hydroxyl groups is 1. The molecule has 0 saturated heterocycles. The fourth-order valence-electron chi connectivity index (χ4n) is 1.98. The number of hydrogen-bond donors (Lipinski definition) is 1.